The molecule has 148 valence electrons. The van der Waals surface area contributed by atoms with E-state index in [0.29, 0.717) is 10.7 Å². The topological polar surface area (TPSA) is 67.3 Å². The Kier molecular flexibility index (Phi) is 6.14. The predicted molar refractivity (Wildman–Crippen MR) is 115 cm³/mol. The van der Waals surface area contributed by atoms with Gasteiger partial charge in [0.25, 0.3) is 0 Å². The highest BCUT2D eigenvalue weighted by Gasteiger charge is 2.30. The molecule has 29 heavy (non-hydrogen) atoms. The Morgan fingerprint density at radius 2 is 1.69 bits per heavy atom. The van der Waals surface area contributed by atoms with Gasteiger partial charge in [-0.1, -0.05) is 48.0 Å². The Hall–Kier alpha value is -2.98. The van der Waals surface area contributed by atoms with Gasteiger partial charge in [0, 0.05) is 29.8 Å². The van der Waals surface area contributed by atoms with Crippen LogP contribution in [0, 0.1) is 5.41 Å². The molecule has 3 rings (SSSR count). The Labute approximate surface area is 175 Å². The van der Waals surface area contributed by atoms with Crippen LogP contribution in [0.1, 0.15) is 26.0 Å². The van der Waals surface area contributed by atoms with Gasteiger partial charge in [0.15, 0.2) is 0 Å². The monoisotopic (exact) mass is 407 g/mol. The zero-order valence-corrected chi connectivity index (χ0v) is 17.1. The molecule has 2 aromatic carbocycles. The van der Waals surface area contributed by atoms with Crippen molar-refractivity contribution >= 4 is 23.4 Å². The molecule has 0 aliphatic carbocycles. The van der Waals surface area contributed by atoms with Crippen LogP contribution in [0.5, 0.6) is 0 Å². The number of nitrogens with zero attached hydrogens (tertiary/aromatic N) is 1. The van der Waals surface area contributed by atoms with E-state index in [1.807, 2.05) is 60.7 Å². The molecule has 1 aromatic heterocycles. The van der Waals surface area contributed by atoms with E-state index >= 15 is 0 Å². The summed E-state index contributed by atoms with van der Waals surface area (Å²) in [6, 6.07) is 19.4. The van der Waals surface area contributed by atoms with E-state index in [2.05, 4.69) is 4.98 Å². The van der Waals surface area contributed by atoms with Crippen molar-refractivity contribution in [1.82, 2.24) is 4.98 Å². The maximum absolute atomic E-state index is 12.4. The molecule has 0 bridgehead atoms. The molecular weight excluding hydrogens is 386 g/mol. The summed E-state index contributed by atoms with van der Waals surface area (Å²) in [7, 11) is 0. The normalized spacial score (nSPS) is 11.3. The molecule has 5 heteroatoms. The second kappa shape index (κ2) is 8.58. The first-order valence-corrected chi connectivity index (χ1v) is 9.69. The first-order valence-electron chi connectivity index (χ1n) is 9.31. The number of carboxylic acid groups (broad SMARTS) is 1. The van der Waals surface area contributed by atoms with Gasteiger partial charge in [-0.25, -0.2) is 0 Å². The Morgan fingerprint density at radius 1 is 0.966 bits per heavy atom. The van der Waals surface area contributed by atoms with Crippen molar-refractivity contribution < 1.29 is 14.7 Å². The van der Waals surface area contributed by atoms with Crippen molar-refractivity contribution in [2.24, 2.45) is 5.41 Å². The van der Waals surface area contributed by atoms with Crippen LogP contribution in [0.3, 0.4) is 0 Å². The Bertz CT molecular complexity index is 1050. The minimum Gasteiger partial charge on any atom is -0.481 e. The molecule has 0 saturated carbocycles. The number of ketones is 1. The number of aliphatic carboxylic acids is 1. The van der Waals surface area contributed by atoms with E-state index in [9.17, 15) is 14.7 Å². The number of rotatable bonds is 7. The molecule has 1 heterocycles. The molecule has 0 saturated heterocycles. The van der Waals surface area contributed by atoms with E-state index in [4.69, 9.17) is 11.6 Å². The van der Waals surface area contributed by atoms with E-state index in [1.54, 1.807) is 20.0 Å². The summed E-state index contributed by atoms with van der Waals surface area (Å²) in [5.74, 6) is -1.14. The molecular formula is C24H22ClNO3. The molecule has 0 aliphatic heterocycles. The molecule has 0 unspecified atom stereocenters. The van der Waals surface area contributed by atoms with Crippen LogP contribution < -0.4 is 0 Å². The quantitative estimate of drug-likeness (QED) is 0.547. The van der Waals surface area contributed by atoms with Gasteiger partial charge in [0.2, 0.25) is 0 Å². The van der Waals surface area contributed by atoms with Crippen LogP contribution in [-0.2, 0) is 16.0 Å². The summed E-state index contributed by atoms with van der Waals surface area (Å²) >= 11 is 6.24. The lowest BCUT2D eigenvalue weighted by Gasteiger charge is -2.17. The molecule has 0 amide bonds. The van der Waals surface area contributed by atoms with Crippen molar-refractivity contribution in [3.63, 3.8) is 0 Å². The lowest BCUT2D eigenvalue weighted by molar-refractivity contribution is -0.149. The first kappa shape index (κ1) is 20.7. The standard InChI is InChI=1S/C24H22ClNO3/c1-24(2,23(28)29)15-20(27)14-19-12-17(10-11-26-19)21-9-8-18(25)13-22(21)16-6-4-3-5-7-16/h3-13H,14-15H2,1-2H3,(H,28,29). The van der Waals surface area contributed by atoms with Gasteiger partial charge in [0.05, 0.1) is 5.41 Å². The third-order valence-corrected chi connectivity index (χ3v) is 5.03. The molecule has 0 atom stereocenters. The van der Waals surface area contributed by atoms with Crippen molar-refractivity contribution in [2.75, 3.05) is 0 Å². The highest BCUT2D eigenvalue weighted by molar-refractivity contribution is 6.31. The van der Waals surface area contributed by atoms with Gasteiger partial charge >= 0.3 is 5.97 Å². The van der Waals surface area contributed by atoms with Gasteiger partial charge in [-0.2, -0.15) is 0 Å². The summed E-state index contributed by atoms with van der Waals surface area (Å²) in [5.41, 5.74) is 3.47. The van der Waals surface area contributed by atoms with Gasteiger partial charge in [-0.05, 0) is 60.4 Å². The number of hydrogen-bond acceptors (Lipinski definition) is 3. The summed E-state index contributed by atoms with van der Waals surface area (Å²) in [5, 5.41) is 9.88. The van der Waals surface area contributed by atoms with Crippen LogP contribution >= 0.6 is 11.6 Å². The molecule has 1 N–H and O–H groups in total. The number of halogens is 1. The number of hydrogen-bond donors (Lipinski definition) is 1. The number of aromatic nitrogens is 1. The van der Waals surface area contributed by atoms with Gasteiger partial charge < -0.3 is 5.11 Å². The number of carbonyl (C=O) groups is 2. The fraction of sp³-hybridized carbons (Fsp3) is 0.208. The number of carboxylic acids is 1. The third-order valence-electron chi connectivity index (χ3n) is 4.79. The summed E-state index contributed by atoms with van der Waals surface area (Å²) in [6.45, 7) is 3.11. The number of benzene rings is 2. The van der Waals surface area contributed by atoms with Crippen LogP contribution in [-0.4, -0.2) is 21.8 Å². The van der Waals surface area contributed by atoms with Crippen LogP contribution in [0.4, 0.5) is 0 Å². The maximum atomic E-state index is 12.4. The fourth-order valence-electron chi connectivity index (χ4n) is 3.20. The zero-order chi connectivity index (χ0) is 21.0. The van der Waals surface area contributed by atoms with Gasteiger partial charge in [-0.3, -0.25) is 14.6 Å². The first-order chi connectivity index (χ1) is 13.8. The van der Waals surface area contributed by atoms with Crippen LogP contribution in [0.15, 0.2) is 66.9 Å². The molecule has 3 aromatic rings. The third kappa shape index (κ3) is 5.09. The second-order valence-electron chi connectivity index (χ2n) is 7.67. The fourth-order valence-corrected chi connectivity index (χ4v) is 3.37. The highest BCUT2D eigenvalue weighted by atomic mass is 35.5. The maximum Gasteiger partial charge on any atom is 0.309 e. The average Bonchev–Trinajstić information content (AvgIpc) is 2.68. The zero-order valence-electron chi connectivity index (χ0n) is 16.4. The van der Waals surface area contributed by atoms with Crippen molar-refractivity contribution in [3.8, 4) is 22.3 Å². The predicted octanol–water partition coefficient (Wildman–Crippen LogP) is 5.68. The minimum atomic E-state index is -1.09. The highest BCUT2D eigenvalue weighted by Crippen LogP contribution is 2.34. The molecule has 0 spiro atoms. The number of carbonyl (C=O) groups excluding carboxylic acids is 1. The van der Waals surface area contributed by atoms with Gasteiger partial charge in [0.1, 0.15) is 5.78 Å². The lowest BCUT2D eigenvalue weighted by Crippen LogP contribution is -2.27. The summed E-state index contributed by atoms with van der Waals surface area (Å²) in [4.78, 5) is 28.0. The second-order valence-corrected chi connectivity index (χ2v) is 8.11. The molecule has 4 nitrogen and oxygen atoms in total. The van der Waals surface area contributed by atoms with E-state index in [0.717, 1.165) is 22.3 Å². The summed E-state index contributed by atoms with van der Waals surface area (Å²) < 4.78 is 0. The van der Waals surface area contributed by atoms with Gasteiger partial charge in [-0.15, -0.1) is 0 Å². The molecule has 0 aliphatic rings. The molecule has 0 radical (unpaired) electrons. The van der Waals surface area contributed by atoms with E-state index in [1.165, 1.54) is 0 Å². The SMILES string of the molecule is CC(C)(CC(=O)Cc1cc(-c2ccc(Cl)cc2-c2ccccc2)ccn1)C(=O)O. The van der Waals surface area contributed by atoms with E-state index < -0.39 is 11.4 Å². The van der Waals surface area contributed by atoms with Crippen molar-refractivity contribution in [1.29, 1.82) is 0 Å². The largest absolute Gasteiger partial charge is 0.481 e. The van der Waals surface area contributed by atoms with E-state index in [-0.39, 0.29) is 18.6 Å². The molecule has 0 fully saturated rings. The van der Waals surface area contributed by atoms with Crippen LogP contribution in [0.2, 0.25) is 5.02 Å². The number of pyridine rings is 1. The smallest absolute Gasteiger partial charge is 0.309 e. The summed E-state index contributed by atoms with van der Waals surface area (Å²) in [6.07, 6.45) is 1.73. The van der Waals surface area contributed by atoms with Crippen molar-refractivity contribution in [2.45, 2.75) is 26.7 Å². The van der Waals surface area contributed by atoms with Crippen molar-refractivity contribution in [3.05, 3.63) is 77.6 Å². The average molecular weight is 408 g/mol. The number of Topliss-reactive ketones (excluding diaryl/α,β-unsaturated/α-hetero) is 1. The lowest BCUT2D eigenvalue weighted by atomic mass is 9.86. The Balaban J connectivity index is 1.91. The van der Waals surface area contributed by atoms with Crippen LogP contribution in [0.25, 0.3) is 22.3 Å². The Morgan fingerprint density at radius 3 is 2.38 bits per heavy atom. The minimum absolute atomic E-state index is 0.0373.